The number of piperidine rings is 1. The Bertz CT molecular complexity index is 988. The number of urea groups is 1. The van der Waals surface area contributed by atoms with Crippen molar-refractivity contribution in [3.05, 3.63) is 41.0 Å². The Morgan fingerprint density at radius 2 is 1.94 bits per heavy atom. The molecule has 0 radical (unpaired) electrons. The van der Waals surface area contributed by atoms with Gasteiger partial charge in [0.25, 0.3) is 0 Å². The molecule has 1 aromatic carbocycles. The van der Waals surface area contributed by atoms with Crippen LogP contribution in [0.1, 0.15) is 48.1 Å². The van der Waals surface area contributed by atoms with Gasteiger partial charge in [-0.15, -0.1) is 10.2 Å². The maximum atomic E-state index is 12.9. The third-order valence-corrected chi connectivity index (χ3v) is 6.49. The fourth-order valence-corrected chi connectivity index (χ4v) is 4.52. The molecule has 172 valence electrons. The predicted molar refractivity (Wildman–Crippen MR) is 120 cm³/mol. The molecule has 9 heteroatoms. The Morgan fingerprint density at radius 1 is 1.09 bits per heavy atom. The first-order valence-electron chi connectivity index (χ1n) is 11.3. The Morgan fingerprint density at radius 3 is 2.72 bits per heavy atom. The molecule has 1 N–H and O–H groups in total. The Kier molecular flexibility index (Phi) is 6.74. The van der Waals surface area contributed by atoms with E-state index in [0.29, 0.717) is 32.6 Å². The van der Waals surface area contributed by atoms with Gasteiger partial charge in [0.2, 0.25) is 5.91 Å². The highest BCUT2D eigenvalue weighted by Gasteiger charge is 2.33. The van der Waals surface area contributed by atoms with Crippen molar-refractivity contribution in [2.75, 3.05) is 38.7 Å². The number of rotatable bonds is 4. The molecule has 0 spiro atoms. The zero-order valence-corrected chi connectivity index (χ0v) is 19.1. The van der Waals surface area contributed by atoms with Gasteiger partial charge in [-0.25, -0.2) is 4.79 Å². The van der Waals surface area contributed by atoms with Crippen LogP contribution in [0, 0.1) is 13.8 Å². The summed E-state index contributed by atoms with van der Waals surface area (Å²) < 4.78 is 7.18. The van der Waals surface area contributed by atoms with Crippen molar-refractivity contribution in [3.63, 3.8) is 0 Å². The summed E-state index contributed by atoms with van der Waals surface area (Å²) in [6.45, 7) is 6.62. The lowest BCUT2D eigenvalue weighted by Gasteiger charge is -2.35. The normalized spacial score (nSPS) is 18.8. The van der Waals surface area contributed by atoms with E-state index in [2.05, 4.69) is 27.0 Å². The van der Waals surface area contributed by atoms with Crippen LogP contribution in [-0.4, -0.2) is 69.9 Å². The molecule has 2 aliphatic rings. The van der Waals surface area contributed by atoms with Crippen LogP contribution >= 0.6 is 0 Å². The fourth-order valence-electron chi connectivity index (χ4n) is 4.52. The zero-order valence-electron chi connectivity index (χ0n) is 19.1. The van der Waals surface area contributed by atoms with E-state index in [1.165, 1.54) is 12.7 Å². The smallest absolute Gasteiger partial charge is 0.321 e. The summed E-state index contributed by atoms with van der Waals surface area (Å²) >= 11 is 0. The number of nitrogens with one attached hydrogen (secondary N) is 1. The first kappa shape index (κ1) is 22.3. The summed E-state index contributed by atoms with van der Waals surface area (Å²) in [5.74, 6) is 1.67. The zero-order chi connectivity index (χ0) is 22.7. The van der Waals surface area contributed by atoms with Crippen LogP contribution < -0.4 is 5.32 Å². The highest BCUT2D eigenvalue weighted by Crippen LogP contribution is 2.31. The van der Waals surface area contributed by atoms with Gasteiger partial charge in [-0.05, 0) is 56.4 Å². The van der Waals surface area contributed by atoms with E-state index in [9.17, 15) is 9.59 Å². The lowest BCUT2D eigenvalue weighted by atomic mass is 10.0. The number of anilines is 1. The highest BCUT2D eigenvalue weighted by molar-refractivity contribution is 5.89. The van der Waals surface area contributed by atoms with Gasteiger partial charge in [0, 0.05) is 45.4 Å². The number of aryl methyl sites for hydroxylation is 2. The van der Waals surface area contributed by atoms with Crippen LogP contribution in [0.2, 0.25) is 0 Å². The average Bonchev–Trinajstić information content (AvgIpc) is 3.07. The molecule has 1 fully saturated rings. The summed E-state index contributed by atoms with van der Waals surface area (Å²) in [5.41, 5.74) is 3.15. The van der Waals surface area contributed by atoms with Gasteiger partial charge in [0.05, 0.1) is 6.04 Å². The average molecular weight is 441 g/mol. The second-order valence-electron chi connectivity index (χ2n) is 8.62. The molecule has 0 bridgehead atoms. The molecule has 3 heterocycles. The van der Waals surface area contributed by atoms with Gasteiger partial charge in [-0.1, -0.05) is 6.07 Å². The van der Waals surface area contributed by atoms with Crippen molar-refractivity contribution in [1.29, 1.82) is 0 Å². The molecule has 4 rings (SSSR count). The van der Waals surface area contributed by atoms with Crippen molar-refractivity contribution >= 4 is 17.6 Å². The van der Waals surface area contributed by atoms with Crippen LogP contribution in [0.5, 0.6) is 0 Å². The molecule has 2 aliphatic heterocycles. The van der Waals surface area contributed by atoms with E-state index in [-0.39, 0.29) is 24.6 Å². The Balaban J connectivity index is 1.46. The number of ether oxygens (including phenoxy) is 1. The van der Waals surface area contributed by atoms with Crippen molar-refractivity contribution in [2.45, 2.75) is 52.1 Å². The first-order chi connectivity index (χ1) is 15.5. The maximum Gasteiger partial charge on any atom is 0.321 e. The number of methoxy groups -OCH3 is 1. The van der Waals surface area contributed by atoms with E-state index in [1.807, 2.05) is 34.9 Å². The van der Waals surface area contributed by atoms with E-state index in [0.717, 1.165) is 42.2 Å². The summed E-state index contributed by atoms with van der Waals surface area (Å²) in [6.07, 6.45) is 3.53. The van der Waals surface area contributed by atoms with Gasteiger partial charge < -0.3 is 24.4 Å². The summed E-state index contributed by atoms with van der Waals surface area (Å²) in [6, 6.07) is 5.74. The van der Waals surface area contributed by atoms with Crippen molar-refractivity contribution in [2.24, 2.45) is 0 Å². The lowest BCUT2D eigenvalue weighted by molar-refractivity contribution is -0.139. The predicted octanol–water partition coefficient (Wildman–Crippen LogP) is 2.69. The van der Waals surface area contributed by atoms with Gasteiger partial charge in [-0.3, -0.25) is 4.79 Å². The number of nitrogens with zero attached hydrogens (tertiary/aromatic N) is 5. The molecule has 1 aromatic heterocycles. The number of hydrogen-bond donors (Lipinski definition) is 1. The molecular formula is C23H32N6O3. The summed E-state index contributed by atoms with van der Waals surface area (Å²) in [5, 5.41) is 11.9. The van der Waals surface area contributed by atoms with Gasteiger partial charge >= 0.3 is 6.03 Å². The number of carbonyl (C=O) groups is 2. The highest BCUT2D eigenvalue weighted by atomic mass is 16.5. The molecule has 2 aromatic rings. The lowest BCUT2D eigenvalue weighted by Crippen LogP contribution is -2.41. The van der Waals surface area contributed by atoms with Crippen molar-refractivity contribution < 1.29 is 14.3 Å². The fraction of sp³-hybridized carbons (Fsp3) is 0.565. The number of hydrogen-bond acceptors (Lipinski definition) is 5. The molecule has 9 nitrogen and oxygen atoms in total. The first-order valence-corrected chi connectivity index (χ1v) is 11.3. The van der Waals surface area contributed by atoms with Crippen LogP contribution in [0.25, 0.3) is 0 Å². The third-order valence-electron chi connectivity index (χ3n) is 6.49. The molecule has 0 aliphatic carbocycles. The molecule has 0 saturated carbocycles. The van der Waals surface area contributed by atoms with Crippen LogP contribution in [0.4, 0.5) is 10.5 Å². The Labute approximate surface area is 188 Å². The monoisotopic (exact) mass is 440 g/mol. The van der Waals surface area contributed by atoms with Crippen LogP contribution in [-0.2, 0) is 22.5 Å². The molecule has 1 saturated heterocycles. The number of amides is 3. The number of aromatic nitrogens is 3. The topological polar surface area (TPSA) is 92.6 Å². The summed E-state index contributed by atoms with van der Waals surface area (Å²) in [4.78, 5) is 29.2. The van der Waals surface area contributed by atoms with E-state index >= 15 is 0 Å². The molecule has 32 heavy (non-hydrogen) atoms. The van der Waals surface area contributed by atoms with Crippen LogP contribution in [0.15, 0.2) is 18.2 Å². The Hall–Kier alpha value is -2.94. The van der Waals surface area contributed by atoms with Gasteiger partial charge in [0.15, 0.2) is 5.82 Å². The number of carbonyl (C=O) groups excluding carboxylic acids is 2. The van der Waals surface area contributed by atoms with Crippen molar-refractivity contribution in [1.82, 2.24) is 24.6 Å². The SMILES string of the molecule is COCC(=O)N1CCCCC1c1nnc2n1CCN(C(=O)Nc1ccc(C)c(C)c1)CC2. The molecule has 1 unspecified atom stereocenters. The van der Waals surface area contributed by atoms with Gasteiger partial charge in [-0.2, -0.15) is 0 Å². The van der Waals surface area contributed by atoms with Gasteiger partial charge in [0.1, 0.15) is 12.4 Å². The van der Waals surface area contributed by atoms with E-state index in [4.69, 9.17) is 4.74 Å². The minimum atomic E-state index is -0.108. The number of fused-ring (bicyclic) bond motifs is 1. The minimum Gasteiger partial charge on any atom is -0.375 e. The molecule has 3 amide bonds. The largest absolute Gasteiger partial charge is 0.375 e. The quantitative estimate of drug-likeness (QED) is 0.789. The summed E-state index contributed by atoms with van der Waals surface area (Å²) in [7, 11) is 1.54. The van der Waals surface area contributed by atoms with E-state index in [1.54, 1.807) is 0 Å². The number of likely N-dealkylation sites (tertiary alicyclic amines) is 1. The molecular weight excluding hydrogens is 408 g/mol. The second kappa shape index (κ2) is 9.68. The third kappa shape index (κ3) is 4.62. The van der Waals surface area contributed by atoms with E-state index < -0.39 is 0 Å². The van der Waals surface area contributed by atoms with Crippen molar-refractivity contribution in [3.8, 4) is 0 Å². The van der Waals surface area contributed by atoms with Crippen LogP contribution in [0.3, 0.4) is 0 Å². The minimum absolute atomic E-state index is 0.0161. The second-order valence-corrected chi connectivity index (χ2v) is 8.62. The maximum absolute atomic E-state index is 12.9. The molecule has 1 atom stereocenters. The standard InChI is InChI=1S/C23H32N6O3/c1-16-7-8-18(14-17(16)2)24-23(31)27-11-9-20-25-26-22(29(20)13-12-27)19-6-4-5-10-28(19)21(30)15-32-3/h7-8,14,19H,4-6,9-13,15H2,1-3H3,(H,24,31). The number of benzene rings is 1.